The van der Waals surface area contributed by atoms with Crippen LogP contribution in [0.25, 0.3) is 0 Å². The Morgan fingerprint density at radius 3 is 1.83 bits per heavy atom. The van der Waals surface area contributed by atoms with Crippen LogP contribution in [0.2, 0.25) is 0 Å². The number of piperazine rings is 1. The second-order valence-electron chi connectivity index (χ2n) is 7.41. The van der Waals surface area contributed by atoms with Gasteiger partial charge in [0.25, 0.3) is 11.4 Å². The highest BCUT2D eigenvalue weighted by atomic mass is 16.6. The Bertz CT molecular complexity index is 877. The van der Waals surface area contributed by atoms with Crippen molar-refractivity contribution < 1.29 is 14.6 Å². The van der Waals surface area contributed by atoms with Crippen molar-refractivity contribution in [1.82, 2.24) is 9.80 Å². The predicted molar refractivity (Wildman–Crippen MR) is 112 cm³/mol. The molecule has 0 saturated carbocycles. The molecule has 1 unspecified atom stereocenters. The summed E-state index contributed by atoms with van der Waals surface area (Å²) in [4.78, 5) is 36.8. The summed E-state index contributed by atoms with van der Waals surface area (Å²) in [6, 6.07) is 12.8. The van der Waals surface area contributed by atoms with Gasteiger partial charge in [-0.15, -0.1) is 0 Å². The van der Waals surface area contributed by atoms with Gasteiger partial charge in [-0.25, -0.2) is 0 Å². The third kappa shape index (κ3) is 5.68. The first-order chi connectivity index (χ1) is 14.5. The SMILES string of the molecule is O=CC(CN1CCN(CCc2ccc([N+](=O)[O-])cc2)CC1)c1ccc([N+](=O)[O-])cc1. The van der Waals surface area contributed by atoms with Crippen LogP contribution >= 0.6 is 0 Å². The summed E-state index contributed by atoms with van der Waals surface area (Å²) < 4.78 is 0. The van der Waals surface area contributed by atoms with Crippen LogP contribution in [0.15, 0.2) is 48.5 Å². The number of carbonyl (C=O) groups excluding carboxylic acids is 1. The van der Waals surface area contributed by atoms with Gasteiger partial charge in [0.15, 0.2) is 0 Å². The first-order valence-electron chi connectivity index (χ1n) is 9.84. The third-order valence-corrected chi connectivity index (χ3v) is 5.48. The number of hydrogen-bond donors (Lipinski definition) is 0. The van der Waals surface area contributed by atoms with Crippen molar-refractivity contribution in [3.8, 4) is 0 Å². The number of benzene rings is 2. The lowest BCUT2D eigenvalue weighted by atomic mass is 9.99. The van der Waals surface area contributed by atoms with E-state index in [1.54, 1.807) is 24.3 Å². The van der Waals surface area contributed by atoms with Gasteiger partial charge in [-0.2, -0.15) is 0 Å². The molecule has 1 atom stereocenters. The van der Waals surface area contributed by atoms with Crippen molar-refractivity contribution in [2.45, 2.75) is 12.3 Å². The Labute approximate surface area is 174 Å². The van der Waals surface area contributed by atoms with E-state index in [1.807, 2.05) is 0 Å². The van der Waals surface area contributed by atoms with E-state index in [0.29, 0.717) is 6.54 Å². The predicted octanol–water partition coefficient (Wildman–Crippen LogP) is 2.65. The summed E-state index contributed by atoms with van der Waals surface area (Å²) >= 11 is 0. The van der Waals surface area contributed by atoms with Crippen LogP contribution in [0.3, 0.4) is 0 Å². The Morgan fingerprint density at radius 1 is 0.833 bits per heavy atom. The molecule has 3 rings (SSSR count). The molecule has 1 heterocycles. The molecular formula is C21H24N4O5. The average Bonchev–Trinajstić information content (AvgIpc) is 2.77. The number of carbonyl (C=O) groups is 1. The molecule has 0 aliphatic carbocycles. The molecule has 0 aromatic heterocycles. The van der Waals surface area contributed by atoms with Gasteiger partial charge in [0, 0.05) is 63.5 Å². The van der Waals surface area contributed by atoms with E-state index in [9.17, 15) is 25.0 Å². The lowest BCUT2D eigenvalue weighted by Gasteiger charge is -2.35. The minimum absolute atomic E-state index is 0.0186. The van der Waals surface area contributed by atoms with E-state index in [1.165, 1.54) is 24.3 Å². The molecule has 0 N–H and O–H groups in total. The normalized spacial score (nSPS) is 16.1. The highest BCUT2D eigenvalue weighted by Gasteiger charge is 2.21. The van der Waals surface area contributed by atoms with Crippen molar-refractivity contribution >= 4 is 17.7 Å². The minimum Gasteiger partial charge on any atom is -0.303 e. The third-order valence-electron chi connectivity index (χ3n) is 5.48. The van der Waals surface area contributed by atoms with Gasteiger partial charge in [-0.1, -0.05) is 24.3 Å². The summed E-state index contributed by atoms with van der Waals surface area (Å²) in [5.41, 5.74) is 1.98. The largest absolute Gasteiger partial charge is 0.303 e. The van der Waals surface area contributed by atoms with Crippen LogP contribution in [-0.2, 0) is 11.2 Å². The molecule has 0 amide bonds. The lowest BCUT2D eigenvalue weighted by molar-refractivity contribution is -0.385. The summed E-state index contributed by atoms with van der Waals surface area (Å²) in [5.74, 6) is -0.308. The van der Waals surface area contributed by atoms with Gasteiger partial charge in [0.2, 0.25) is 0 Å². The van der Waals surface area contributed by atoms with E-state index in [0.717, 1.165) is 56.6 Å². The van der Waals surface area contributed by atoms with Crippen molar-refractivity contribution in [1.29, 1.82) is 0 Å². The summed E-state index contributed by atoms with van der Waals surface area (Å²) in [5, 5.41) is 21.5. The second kappa shape index (κ2) is 10.0. The zero-order valence-corrected chi connectivity index (χ0v) is 16.6. The molecule has 0 spiro atoms. The number of nitro groups is 2. The van der Waals surface area contributed by atoms with E-state index >= 15 is 0 Å². The van der Waals surface area contributed by atoms with Crippen molar-refractivity contribution in [3.63, 3.8) is 0 Å². The van der Waals surface area contributed by atoms with E-state index in [-0.39, 0.29) is 17.3 Å². The van der Waals surface area contributed by atoms with Crippen LogP contribution in [0.1, 0.15) is 17.0 Å². The topological polar surface area (TPSA) is 110 Å². The first kappa shape index (κ1) is 21.5. The molecule has 2 aromatic rings. The Morgan fingerprint density at radius 2 is 1.33 bits per heavy atom. The van der Waals surface area contributed by atoms with Crippen LogP contribution in [0.5, 0.6) is 0 Å². The monoisotopic (exact) mass is 412 g/mol. The lowest BCUT2D eigenvalue weighted by Crippen LogP contribution is -2.48. The van der Waals surface area contributed by atoms with Crippen LogP contribution < -0.4 is 0 Å². The molecule has 158 valence electrons. The molecular weight excluding hydrogens is 388 g/mol. The number of nitro benzene ring substituents is 2. The molecule has 1 fully saturated rings. The first-order valence-corrected chi connectivity index (χ1v) is 9.84. The molecule has 2 aromatic carbocycles. The van der Waals surface area contributed by atoms with E-state index in [4.69, 9.17) is 0 Å². The van der Waals surface area contributed by atoms with E-state index < -0.39 is 9.85 Å². The van der Waals surface area contributed by atoms with Crippen LogP contribution in [-0.4, -0.2) is 65.2 Å². The van der Waals surface area contributed by atoms with Gasteiger partial charge < -0.3 is 9.69 Å². The van der Waals surface area contributed by atoms with Gasteiger partial charge in [0.1, 0.15) is 6.29 Å². The molecule has 0 bridgehead atoms. The van der Waals surface area contributed by atoms with Crippen LogP contribution in [0.4, 0.5) is 11.4 Å². The molecule has 1 aliphatic heterocycles. The molecule has 30 heavy (non-hydrogen) atoms. The highest BCUT2D eigenvalue weighted by molar-refractivity contribution is 5.63. The highest BCUT2D eigenvalue weighted by Crippen LogP contribution is 2.20. The molecule has 1 saturated heterocycles. The van der Waals surface area contributed by atoms with Gasteiger partial charge >= 0.3 is 0 Å². The Kier molecular flexibility index (Phi) is 7.21. The zero-order valence-electron chi connectivity index (χ0n) is 16.6. The summed E-state index contributed by atoms with van der Waals surface area (Å²) in [6.45, 7) is 4.94. The fraction of sp³-hybridized carbons (Fsp3) is 0.381. The van der Waals surface area contributed by atoms with Crippen molar-refractivity contribution in [2.24, 2.45) is 0 Å². The van der Waals surface area contributed by atoms with Gasteiger partial charge in [0.05, 0.1) is 15.8 Å². The van der Waals surface area contributed by atoms with Gasteiger partial charge in [-0.3, -0.25) is 25.1 Å². The average molecular weight is 412 g/mol. The summed E-state index contributed by atoms with van der Waals surface area (Å²) in [7, 11) is 0. The number of nitrogens with zero attached hydrogens (tertiary/aromatic N) is 4. The van der Waals surface area contributed by atoms with Gasteiger partial charge in [-0.05, 0) is 17.5 Å². The smallest absolute Gasteiger partial charge is 0.269 e. The summed E-state index contributed by atoms with van der Waals surface area (Å²) in [6.07, 6.45) is 1.74. The quantitative estimate of drug-likeness (QED) is 0.354. The van der Waals surface area contributed by atoms with Crippen molar-refractivity contribution in [3.05, 3.63) is 79.9 Å². The molecule has 9 heteroatoms. The number of rotatable bonds is 9. The molecule has 0 radical (unpaired) electrons. The number of non-ortho nitro benzene ring substituents is 2. The fourth-order valence-corrected chi connectivity index (χ4v) is 3.62. The fourth-order valence-electron chi connectivity index (χ4n) is 3.62. The maximum absolute atomic E-state index is 11.6. The van der Waals surface area contributed by atoms with Crippen molar-refractivity contribution in [2.75, 3.05) is 39.3 Å². The number of hydrogen-bond acceptors (Lipinski definition) is 7. The molecule has 9 nitrogen and oxygen atoms in total. The zero-order chi connectivity index (χ0) is 21.5. The Hall–Kier alpha value is -3.17. The molecule has 1 aliphatic rings. The minimum atomic E-state index is -0.449. The maximum Gasteiger partial charge on any atom is 0.269 e. The Balaban J connectivity index is 1.45. The van der Waals surface area contributed by atoms with Crippen LogP contribution in [0, 0.1) is 20.2 Å². The standard InChI is InChI=1S/C21H24N4O5/c26-16-19(18-3-7-21(8-4-18)25(29)30)15-23-13-11-22(12-14-23)10-9-17-1-5-20(6-2-17)24(27)28/h1-8,16,19H,9-15H2. The van der Waals surface area contributed by atoms with E-state index in [2.05, 4.69) is 9.80 Å². The number of aldehydes is 1. The second-order valence-corrected chi connectivity index (χ2v) is 7.41. The maximum atomic E-state index is 11.6.